The van der Waals surface area contributed by atoms with Crippen LogP contribution in [0.1, 0.15) is 27.9 Å². The third-order valence-corrected chi connectivity index (χ3v) is 5.25. The summed E-state index contributed by atoms with van der Waals surface area (Å²) < 4.78 is 1.33. The lowest BCUT2D eigenvalue weighted by molar-refractivity contribution is 0.851. The van der Waals surface area contributed by atoms with Crippen LogP contribution in [0.15, 0.2) is 59.4 Å². The predicted octanol–water partition coefficient (Wildman–Crippen LogP) is 4.33. The van der Waals surface area contributed by atoms with Crippen molar-refractivity contribution in [1.29, 1.82) is 0 Å². The number of H-pyrrole nitrogens is 1. The van der Waals surface area contributed by atoms with Crippen molar-refractivity contribution in [1.82, 2.24) is 19.6 Å². The minimum absolute atomic E-state index is 0.258. The molecule has 2 aromatic carbocycles. The number of fused-ring (bicyclic) bond motifs is 1. The average Bonchev–Trinajstić information content (AvgIpc) is 3.05. The average molecular weight is 417 g/mol. The maximum Gasteiger partial charge on any atom is 0.274 e. The van der Waals surface area contributed by atoms with Crippen molar-refractivity contribution in [2.75, 3.05) is 0 Å². The van der Waals surface area contributed by atoms with Crippen molar-refractivity contribution in [3.05, 3.63) is 97.6 Å². The van der Waals surface area contributed by atoms with E-state index in [1.54, 1.807) is 18.2 Å². The number of nitrogens with zero attached hydrogens (tertiary/aromatic N) is 3. The third kappa shape index (κ3) is 3.74. The summed E-state index contributed by atoms with van der Waals surface area (Å²) in [5.41, 5.74) is 2.03. The number of hydrogen-bond acceptors (Lipinski definition) is 4. The highest BCUT2D eigenvalue weighted by molar-refractivity contribution is 7.80. The van der Waals surface area contributed by atoms with Gasteiger partial charge in [0, 0.05) is 22.5 Å². The molecule has 1 unspecified atom stereocenters. The van der Waals surface area contributed by atoms with Gasteiger partial charge in [0.15, 0.2) is 0 Å². The van der Waals surface area contributed by atoms with E-state index in [-0.39, 0.29) is 5.56 Å². The van der Waals surface area contributed by atoms with Crippen LogP contribution in [0, 0.1) is 0 Å². The van der Waals surface area contributed by atoms with Gasteiger partial charge in [-0.1, -0.05) is 59.6 Å². The summed E-state index contributed by atoms with van der Waals surface area (Å²) in [5.74, 6) is 0.954. The van der Waals surface area contributed by atoms with Gasteiger partial charge in [-0.2, -0.15) is 22.1 Å². The van der Waals surface area contributed by atoms with Gasteiger partial charge in [-0.05, 0) is 23.3 Å². The molecule has 5 nitrogen and oxygen atoms in total. The standard InChI is InChI=1S/C19H14Cl2N4OS/c20-12-6-7-13(14(21)9-12)18(27)15-10-17(26)25-19(22-15)23-16(24-25)8-11-4-2-1-3-5-11/h1-7,9-10,18,27H,8H2,(H,22,23,24). The second-order valence-electron chi connectivity index (χ2n) is 6.06. The Morgan fingerprint density at radius 3 is 2.59 bits per heavy atom. The highest BCUT2D eigenvalue weighted by Crippen LogP contribution is 2.33. The fourth-order valence-electron chi connectivity index (χ4n) is 2.83. The largest absolute Gasteiger partial charge is 0.275 e. The molecule has 0 aliphatic heterocycles. The number of nitrogens with one attached hydrogen (secondary N) is 1. The van der Waals surface area contributed by atoms with E-state index in [1.807, 2.05) is 30.3 Å². The number of aromatic amines is 1. The molecule has 0 saturated heterocycles. The first-order valence-corrected chi connectivity index (χ1v) is 9.44. The first-order chi connectivity index (χ1) is 13.0. The van der Waals surface area contributed by atoms with Crippen LogP contribution in [0.5, 0.6) is 0 Å². The summed E-state index contributed by atoms with van der Waals surface area (Å²) in [6, 6.07) is 16.4. The second-order valence-corrected chi connectivity index (χ2v) is 7.42. The summed E-state index contributed by atoms with van der Waals surface area (Å²) in [5, 5.41) is 3.53. The topological polar surface area (TPSA) is 63.0 Å². The van der Waals surface area contributed by atoms with Crippen LogP contribution >= 0.6 is 35.8 Å². The zero-order valence-electron chi connectivity index (χ0n) is 13.9. The summed E-state index contributed by atoms with van der Waals surface area (Å²) >= 11 is 16.8. The van der Waals surface area contributed by atoms with Crippen LogP contribution < -0.4 is 5.56 Å². The highest BCUT2D eigenvalue weighted by atomic mass is 35.5. The molecular formula is C19H14Cl2N4OS. The van der Waals surface area contributed by atoms with E-state index < -0.39 is 5.25 Å². The Kier molecular flexibility index (Phi) is 4.95. The SMILES string of the molecule is O=c1cc(C(S)c2ccc(Cl)cc2Cl)nc2nc(Cc3ccccc3)[nH]n12. The van der Waals surface area contributed by atoms with E-state index >= 15 is 0 Å². The van der Waals surface area contributed by atoms with Crippen molar-refractivity contribution in [3.63, 3.8) is 0 Å². The molecule has 1 N–H and O–H groups in total. The number of rotatable bonds is 4. The van der Waals surface area contributed by atoms with Gasteiger partial charge in [0.05, 0.1) is 10.9 Å². The van der Waals surface area contributed by atoms with Crippen molar-refractivity contribution < 1.29 is 0 Å². The van der Waals surface area contributed by atoms with Crippen molar-refractivity contribution in [2.24, 2.45) is 0 Å². The number of hydrogen-bond donors (Lipinski definition) is 2. The molecule has 0 amide bonds. The molecule has 4 aromatic rings. The zero-order chi connectivity index (χ0) is 19.0. The van der Waals surface area contributed by atoms with Gasteiger partial charge in [-0.25, -0.2) is 4.98 Å². The molecule has 0 aliphatic carbocycles. The van der Waals surface area contributed by atoms with E-state index in [4.69, 9.17) is 23.2 Å². The molecule has 1 atom stereocenters. The minimum atomic E-state index is -0.471. The third-order valence-electron chi connectivity index (χ3n) is 4.15. The van der Waals surface area contributed by atoms with Crippen molar-refractivity contribution in [3.8, 4) is 0 Å². The Morgan fingerprint density at radius 2 is 1.85 bits per heavy atom. The normalized spacial score (nSPS) is 12.4. The quantitative estimate of drug-likeness (QED) is 0.486. The molecule has 0 bridgehead atoms. The molecule has 27 heavy (non-hydrogen) atoms. The predicted molar refractivity (Wildman–Crippen MR) is 110 cm³/mol. The van der Waals surface area contributed by atoms with Gasteiger partial charge in [-0.15, -0.1) is 0 Å². The summed E-state index contributed by atoms with van der Waals surface area (Å²) in [6.45, 7) is 0. The van der Waals surface area contributed by atoms with Gasteiger partial charge >= 0.3 is 0 Å². The number of halogens is 2. The second kappa shape index (κ2) is 7.38. The minimum Gasteiger partial charge on any atom is -0.275 e. The molecule has 2 heterocycles. The maximum absolute atomic E-state index is 12.5. The zero-order valence-corrected chi connectivity index (χ0v) is 16.3. The molecule has 0 spiro atoms. The van der Waals surface area contributed by atoms with Gasteiger partial charge in [0.1, 0.15) is 5.82 Å². The summed E-state index contributed by atoms with van der Waals surface area (Å²) in [7, 11) is 0. The number of benzene rings is 2. The monoisotopic (exact) mass is 416 g/mol. The van der Waals surface area contributed by atoms with E-state index in [9.17, 15) is 4.79 Å². The fourth-order valence-corrected chi connectivity index (χ4v) is 3.78. The molecule has 0 radical (unpaired) electrons. The summed E-state index contributed by atoms with van der Waals surface area (Å²) in [6.07, 6.45) is 0.576. The van der Waals surface area contributed by atoms with Crippen molar-refractivity contribution >= 4 is 41.6 Å². The van der Waals surface area contributed by atoms with Gasteiger partial charge in [0.25, 0.3) is 11.3 Å². The highest BCUT2D eigenvalue weighted by Gasteiger charge is 2.18. The number of thiol groups is 1. The van der Waals surface area contributed by atoms with Gasteiger partial charge < -0.3 is 0 Å². The molecule has 0 saturated carbocycles. The van der Waals surface area contributed by atoms with Crippen LogP contribution in [0.3, 0.4) is 0 Å². The Hall–Kier alpha value is -2.28. The van der Waals surface area contributed by atoms with E-state index in [1.165, 1.54) is 10.6 Å². The molecule has 4 rings (SSSR count). The lowest BCUT2D eigenvalue weighted by Gasteiger charge is -2.12. The fraction of sp³-hybridized carbons (Fsp3) is 0.105. The van der Waals surface area contributed by atoms with E-state index in [0.29, 0.717) is 33.8 Å². The van der Waals surface area contributed by atoms with Crippen LogP contribution in [0.4, 0.5) is 0 Å². The smallest absolute Gasteiger partial charge is 0.274 e. The maximum atomic E-state index is 12.5. The van der Waals surface area contributed by atoms with E-state index in [2.05, 4.69) is 27.7 Å². The molecule has 0 fully saturated rings. The van der Waals surface area contributed by atoms with Gasteiger partial charge in [0.2, 0.25) is 0 Å². The van der Waals surface area contributed by atoms with E-state index in [0.717, 1.165) is 11.1 Å². The molecular weight excluding hydrogens is 403 g/mol. The first kappa shape index (κ1) is 18.1. The Morgan fingerprint density at radius 1 is 1.07 bits per heavy atom. The Bertz CT molecular complexity index is 1170. The lowest BCUT2D eigenvalue weighted by atomic mass is 10.1. The molecule has 136 valence electrons. The first-order valence-electron chi connectivity index (χ1n) is 8.17. The molecule has 2 aromatic heterocycles. The summed E-state index contributed by atoms with van der Waals surface area (Å²) in [4.78, 5) is 21.4. The van der Waals surface area contributed by atoms with Crippen LogP contribution in [0.25, 0.3) is 5.78 Å². The number of aromatic nitrogens is 4. The lowest BCUT2D eigenvalue weighted by Crippen LogP contribution is -2.16. The van der Waals surface area contributed by atoms with Crippen LogP contribution in [0.2, 0.25) is 10.0 Å². The van der Waals surface area contributed by atoms with Crippen LogP contribution in [-0.4, -0.2) is 19.6 Å². The Labute approximate surface area is 170 Å². The Balaban J connectivity index is 1.71. The molecule has 0 aliphatic rings. The molecule has 8 heteroatoms. The van der Waals surface area contributed by atoms with Gasteiger partial charge in [-0.3, -0.25) is 9.89 Å². The van der Waals surface area contributed by atoms with Crippen molar-refractivity contribution in [2.45, 2.75) is 11.7 Å². The van der Waals surface area contributed by atoms with Crippen LogP contribution in [-0.2, 0) is 6.42 Å².